The number of aliphatic hydroxyl groups excluding tert-OH is 11. The van der Waals surface area contributed by atoms with Gasteiger partial charge in [-0.05, 0) is 57.8 Å². The number of hydrogen-bond donors (Lipinski definition) is 12. The quantitative estimate of drug-likeness (QED) is 0.0199. The number of aliphatic hydroxyl groups is 11. The van der Waals surface area contributed by atoms with Crippen LogP contribution in [0.25, 0.3) is 0 Å². The highest BCUT2D eigenvalue weighted by atomic mass is 16.8. The molecule has 1 amide bonds. The number of amides is 1. The molecule has 3 aliphatic heterocycles. The van der Waals surface area contributed by atoms with E-state index in [1.165, 1.54) is 186 Å². The summed E-state index contributed by atoms with van der Waals surface area (Å²) in [5.74, 6) is -0.285. The summed E-state index contributed by atoms with van der Waals surface area (Å²) in [7, 11) is 0. The van der Waals surface area contributed by atoms with E-state index in [0.717, 1.165) is 51.4 Å². The Balaban J connectivity index is 1.45. The van der Waals surface area contributed by atoms with Crippen molar-refractivity contribution in [2.45, 2.75) is 375 Å². The fourth-order valence-corrected chi connectivity index (χ4v) is 12.1. The van der Waals surface area contributed by atoms with Crippen LogP contribution in [0, 0.1) is 0 Å². The molecule has 3 heterocycles. The van der Waals surface area contributed by atoms with Gasteiger partial charge in [0.05, 0.1) is 38.6 Å². The van der Waals surface area contributed by atoms with Crippen LogP contribution in [-0.4, -0.2) is 193 Å². The Morgan fingerprint density at radius 3 is 1.12 bits per heavy atom. The monoisotopic (exact) mass is 1270 g/mol. The van der Waals surface area contributed by atoms with Gasteiger partial charge in [0.2, 0.25) is 5.91 Å². The molecule has 522 valence electrons. The first-order valence-corrected chi connectivity index (χ1v) is 35.7. The summed E-state index contributed by atoms with van der Waals surface area (Å²) in [5, 5.41) is 121. The molecule has 0 aliphatic carbocycles. The minimum Gasteiger partial charge on any atom is -0.394 e. The fraction of sp³-hybridized carbons (Fsp3) is 0.900. The highest BCUT2D eigenvalue weighted by molar-refractivity contribution is 5.76. The highest BCUT2D eigenvalue weighted by Crippen LogP contribution is 2.33. The third-order valence-corrected chi connectivity index (χ3v) is 17.9. The van der Waals surface area contributed by atoms with Crippen LogP contribution in [0.15, 0.2) is 36.5 Å². The van der Waals surface area contributed by atoms with Gasteiger partial charge in [0.1, 0.15) is 73.2 Å². The standard InChI is InChI=1S/C70H129NO18/c1-3-5-7-9-11-13-15-17-19-21-23-25-26-28-29-31-33-35-37-39-41-43-45-47-54(75)53(71-58(76)48-46-44-42-40-38-36-34-32-30-27-24-22-20-18-16-14-12-10-8-6-4-2)52-84-68-64(82)61(79)66(56(50-73)86-68)89-70-65(83)62(80)67(57(51-74)87-70)88-69-63(81)60(78)59(77)55(49-72)85-69/h22,24,37,39,45,47,53-57,59-70,72-75,77-83H,3-21,23,25-36,38,40-44,46,48-52H2,1-2H3,(H,71,76)/b24-22-,39-37+,47-45+. The van der Waals surface area contributed by atoms with Crippen LogP contribution >= 0.6 is 0 Å². The number of allylic oxidation sites excluding steroid dienone is 5. The predicted octanol–water partition coefficient (Wildman–Crippen LogP) is 9.61. The van der Waals surface area contributed by atoms with Gasteiger partial charge in [0.25, 0.3) is 0 Å². The zero-order valence-corrected chi connectivity index (χ0v) is 55.2. The fourth-order valence-electron chi connectivity index (χ4n) is 12.1. The van der Waals surface area contributed by atoms with Crippen molar-refractivity contribution in [3.05, 3.63) is 36.5 Å². The van der Waals surface area contributed by atoms with Crippen molar-refractivity contribution in [3.8, 4) is 0 Å². The lowest BCUT2D eigenvalue weighted by atomic mass is 9.96. The first-order chi connectivity index (χ1) is 43.3. The Labute approximate surface area is 536 Å². The Bertz CT molecular complexity index is 1760. The Morgan fingerprint density at radius 1 is 0.393 bits per heavy atom. The molecule has 17 atom stereocenters. The lowest BCUT2D eigenvalue weighted by molar-refractivity contribution is -0.379. The van der Waals surface area contributed by atoms with Gasteiger partial charge in [0.15, 0.2) is 18.9 Å². The Kier molecular flexibility index (Phi) is 47.7. The number of carbonyl (C=O) groups is 1. The molecular formula is C70H129NO18. The molecule has 0 aromatic rings. The topological polar surface area (TPSA) is 307 Å². The van der Waals surface area contributed by atoms with Crippen LogP contribution in [0.4, 0.5) is 0 Å². The number of unbranched alkanes of at least 4 members (excludes halogenated alkanes) is 35. The van der Waals surface area contributed by atoms with Gasteiger partial charge in [-0.1, -0.05) is 243 Å². The molecule has 0 aromatic heterocycles. The number of rotatable bonds is 55. The van der Waals surface area contributed by atoms with Crippen molar-refractivity contribution in [2.75, 3.05) is 26.4 Å². The largest absolute Gasteiger partial charge is 0.394 e. The van der Waals surface area contributed by atoms with E-state index in [-0.39, 0.29) is 18.9 Å². The van der Waals surface area contributed by atoms with E-state index in [1.54, 1.807) is 6.08 Å². The molecule has 0 aromatic carbocycles. The third-order valence-electron chi connectivity index (χ3n) is 17.9. The average Bonchev–Trinajstić information content (AvgIpc) is 1.93. The molecule has 0 spiro atoms. The van der Waals surface area contributed by atoms with Crippen LogP contribution in [0.5, 0.6) is 0 Å². The maximum Gasteiger partial charge on any atom is 0.220 e. The average molecular weight is 1270 g/mol. The molecule has 3 rings (SSSR count). The lowest BCUT2D eigenvalue weighted by Gasteiger charge is -2.48. The first-order valence-electron chi connectivity index (χ1n) is 35.7. The summed E-state index contributed by atoms with van der Waals surface area (Å²) in [6.45, 7) is 1.74. The molecule has 0 bridgehead atoms. The van der Waals surface area contributed by atoms with Crippen molar-refractivity contribution in [3.63, 3.8) is 0 Å². The van der Waals surface area contributed by atoms with Crippen LogP contribution in [-0.2, 0) is 33.2 Å². The van der Waals surface area contributed by atoms with Crippen molar-refractivity contribution in [2.24, 2.45) is 0 Å². The summed E-state index contributed by atoms with van der Waals surface area (Å²) in [6.07, 6.45) is 34.1. The number of ether oxygens (including phenoxy) is 6. The molecule has 3 saturated heterocycles. The summed E-state index contributed by atoms with van der Waals surface area (Å²) in [6, 6.07) is -0.991. The maximum absolute atomic E-state index is 13.4. The van der Waals surface area contributed by atoms with Gasteiger partial charge < -0.3 is 89.9 Å². The van der Waals surface area contributed by atoms with E-state index in [1.807, 2.05) is 6.08 Å². The minimum atomic E-state index is -1.98. The predicted molar refractivity (Wildman–Crippen MR) is 346 cm³/mol. The van der Waals surface area contributed by atoms with Crippen molar-refractivity contribution < 1.29 is 89.4 Å². The molecule has 12 N–H and O–H groups in total. The zero-order chi connectivity index (χ0) is 64.7. The number of carbonyl (C=O) groups excluding carboxylic acids is 1. The number of hydrogen-bond acceptors (Lipinski definition) is 18. The third kappa shape index (κ3) is 34.3. The molecule has 3 fully saturated rings. The molecule has 17 unspecified atom stereocenters. The van der Waals surface area contributed by atoms with Crippen LogP contribution < -0.4 is 5.32 Å². The molecular weight excluding hydrogens is 1140 g/mol. The van der Waals surface area contributed by atoms with E-state index in [9.17, 15) is 61.0 Å². The molecule has 19 nitrogen and oxygen atoms in total. The van der Waals surface area contributed by atoms with Gasteiger partial charge in [-0.15, -0.1) is 0 Å². The van der Waals surface area contributed by atoms with E-state index < -0.39 is 124 Å². The van der Waals surface area contributed by atoms with E-state index in [2.05, 4.69) is 43.5 Å². The van der Waals surface area contributed by atoms with Gasteiger partial charge in [-0.3, -0.25) is 4.79 Å². The van der Waals surface area contributed by atoms with E-state index in [4.69, 9.17) is 28.4 Å². The smallest absolute Gasteiger partial charge is 0.220 e. The van der Waals surface area contributed by atoms with E-state index in [0.29, 0.717) is 12.8 Å². The Morgan fingerprint density at radius 2 is 0.719 bits per heavy atom. The second-order valence-corrected chi connectivity index (χ2v) is 25.7. The van der Waals surface area contributed by atoms with Crippen molar-refractivity contribution in [1.29, 1.82) is 0 Å². The van der Waals surface area contributed by atoms with Crippen molar-refractivity contribution >= 4 is 5.91 Å². The summed E-state index contributed by atoms with van der Waals surface area (Å²) in [5.41, 5.74) is 0. The van der Waals surface area contributed by atoms with Gasteiger partial charge >= 0.3 is 0 Å². The second-order valence-electron chi connectivity index (χ2n) is 25.7. The molecule has 19 heteroatoms. The number of nitrogens with one attached hydrogen (secondary N) is 1. The molecule has 0 radical (unpaired) electrons. The Hall–Kier alpha value is -1.99. The van der Waals surface area contributed by atoms with Gasteiger partial charge in [-0.2, -0.15) is 0 Å². The minimum absolute atomic E-state index is 0.234. The molecule has 89 heavy (non-hydrogen) atoms. The first kappa shape index (κ1) is 81.2. The second kappa shape index (κ2) is 52.3. The maximum atomic E-state index is 13.4. The molecule has 0 saturated carbocycles. The van der Waals surface area contributed by atoms with Crippen LogP contribution in [0.3, 0.4) is 0 Å². The zero-order valence-electron chi connectivity index (χ0n) is 55.2. The SMILES string of the molecule is CCCCCCCCCC/C=C\CCCCCCCCCCCC(=O)NC(COC1OC(CO)C(OC2OC(CO)C(OC3OC(CO)C(O)C(O)C3O)C(O)C2O)C(O)C1O)C(O)/C=C/CC/C=C/CCCCCCCCCCCCCCCCCCC. The van der Waals surface area contributed by atoms with Crippen LogP contribution in [0.2, 0.25) is 0 Å². The van der Waals surface area contributed by atoms with Gasteiger partial charge in [-0.25, -0.2) is 0 Å². The van der Waals surface area contributed by atoms with Gasteiger partial charge in [0, 0.05) is 6.42 Å². The molecule has 3 aliphatic rings. The van der Waals surface area contributed by atoms with Crippen molar-refractivity contribution in [1.82, 2.24) is 5.32 Å². The lowest BCUT2D eigenvalue weighted by Crippen LogP contribution is -2.66. The summed E-state index contributed by atoms with van der Waals surface area (Å²) in [4.78, 5) is 13.4. The summed E-state index contributed by atoms with van der Waals surface area (Å²) < 4.78 is 34.4. The van der Waals surface area contributed by atoms with E-state index >= 15 is 0 Å². The highest BCUT2D eigenvalue weighted by Gasteiger charge is 2.53. The normalized spacial score (nSPS) is 28.4. The van der Waals surface area contributed by atoms with Crippen LogP contribution in [0.1, 0.15) is 271 Å². The summed E-state index contributed by atoms with van der Waals surface area (Å²) >= 11 is 0.